The minimum Gasteiger partial charge on any atom is -0.458 e. The predicted molar refractivity (Wildman–Crippen MR) is 478 cm³/mol. The average Bonchev–Trinajstić information content (AvgIpc) is 0.675. The zero-order valence-corrected chi connectivity index (χ0v) is 68.1. The number of nitrogens with zero attached hydrogens (tertiary/aromatic N) is 4. The lowest BCUT2D eigenvalue weighted by atomic mass is 9.29. The van der Waals surface area contributed by atoms with Crippen LogP contribution in [0.3, 0.4) is 0 Å². The summed E-state index contributed by atoms with van der Waals surface area (Å²) in [6, 6.07) is 72.8. The van der Waals surface area contributed by atoms with Gasteiger partial charge in [0.05, 0.1) is 17.1 Å². The summed E-state index contributed by atoms with van der Waals surface area (Å²) in [6.07, 6.45) is 24.4. The minimum atomic E-state index is -0.171. The van der Waals surface area contributed by atoms with Crippen LogP contribution in [-0.4, -0.2) is 20.1 Å². The van der Waals surface area contributed by atoms with Gasteiger partial charge in [0.25, 0.3) is 20.1 Å². The Morgan fingerprint density at radius 1 is 0.281 bits per heavy atom. The van der Waals surface area contributed by atoms with Gasteiger partial charge in [-0.2, -0.15) is 0 Å². The van der Waals surface area contributed by atoms with Gasteiger partial charge in [0.1, 0.15) is 11.5 Å². The molecule has 9 heteroatoms. The van der Waals surface area contributed by atoms with Gasteiger partial charge in [0.2, 0.25) is 0 Å². The highest BCUT2D eigenvalue weighted by Gasteiger charge is 2.59. The number of ether oxygens (including phenoxy) is 1. The summed E-state index contributed by atoms with van der Waals surface area (Å²) in [7, 11) is 0. The second-order valence-corrected chi connectivity index (χ2v) is 40.9. The molecule has 0 atom stereocenters. The number of hydrogen-bond donors (Lipinski definition) is 1. The standard InChI is InChI=1S/C105H102B3N5O/c1-57-23-60(4)100(61(5)24-57)111-88-46-85-81(106-79-19-13-15-21-87(79)110(78-17-11-10-12-18-78)91-39-75(38-86(109-85)97(91)106)103-48-66-29-67(49-103)31-68(30-66)50-103)44-82(88)108-84-45-83-89(47-90(84)112(101-62(6)25-58(2)26-63(101)7)93-41-76(40-92(111)98(93)108)104-51-69-32-70(52-104)34-71(33-69)53-104)113(102-64(8)27-59(3)28-65(102)9)94-42-77(105-54-72-35-73(55-105)37-74(36-72)56-105)43-96-99(94)107(83)80-20-14-16-22-95(80)114-96/h10-28,38-47,66-74,109H,29-37,48-56H2,1-9H3. The van der Waals surface area contributed by atoms with Crippen molar-refractivity contribution in [2.24, 2.45) is 53.3 Å². The normalized spacial score (nSPS) is 28.0. The molecule has 6 aliphatic heterocycles. The van der Waals surface area contributed by atoms with E-state index in [2.05, 4.69) is 263 Å². The summed E-state index contributed by atoms with van der Waals surface area (Å²) >= 11 is 0. The summed E-state index contributed by atoms with van der Waals surface area (Å²) in [4.78, 5) is 11.3. The highest BCUT2D eigenvalue weighted by Crippen LogP contribution is 2.66. The Morgan fingerprint density at radius 2 is 0.640 bits per heavy atom. The first-order valence-corrected chi connectivity index (χ1v) is 44.4. The van der Waals surface area contributed by atoms with Crippen molar-refractivity contribution < 1.29 is 4.74 Å². The number of hydrogen-bond acceptors (Lipinski definition) is 6. The van der Waals surface area contributed by atoms with Gasteiger partial charge < -0.3 is 29.7 Å². The molecule has 562 valence electrons. The first kappa shape index (κ1) is 66.7. The highest BCUT2D eigenvalue weighted by molar-refractivity contribution is 7.04. The largest absolute Gasteiger partial charge is 0.458 e. The molecule has 12 saturated carbocycles. The van der Waals surface area contributed by atoms with Crippen molar-refractivity contribution in [1.82, 2.24) is 0 Å². The van der Waals surface area contributed by atoms with E-state index in [0.717, 1.165) is 64.8 Å². The summed E-state index contributed by atoms with van der Waals surface area (Å²) < 4.78 is 7.65. The van der Waals surface area contributed by atoms with E-state index in [1.165, 1.54) is 300 Å². The maximum Gasteiger partial charge on any atom is 0.256 e. The van der Waals surface area contributed by atoms with Crippen LogP contribution in [0, 0.1) is 116 Å². The molecule has 11 aromatic rings. The first-order chi connectivity index (χ1) is 55.4. The van der Waals surface area contributed by atoms with E-state index in [-0.39, 0.29) is 36.4 Å². The van der Waals surface area contributed by atoms with Crippen LogP contribution in [0.4, 0.5) is 79.6 Å². The van der Waals surface area contributed by atoms with Gasteiger partial charge in [-0.05, 0) is 419 Å². The smallest absolute Gasteiger partial charge is 0.256 e. The Labute approximate surface area is 675 Å². The predicted octanol–water partition coefficient (Wildman–Crippen LogP) is 20.7. The van der Waals surface area contributed by atoms with E-state index >= 15 is 0 Å². The van der Waals surface area contributed by atoms with Crippen LogP contribution in [0.2, 0.25) is 0 Å². The highest BCUT2D eigenvalue weighted by atomic mass is 16.5. The molecular formula is C105H102B3N5O. The van der Waals surface area contributed by atoms with Crippen LogP contribution >= 0.6 is 0 Å². The molecule has 12 fully saturated rings. The minimum absolute atomic E-state index is 0.0405. The Kier molecular flexibility index (Phi) is 13.5. The molecule has 0 amide bonds. The summed E-state index contributed by atoms with van der Waals surface area (Å²) in [5.74, 6) is 9.26. The lowest BCUT2D eigenvalue weighted by molar-refractivity contribution is -0.00531. The van der Waals surface area contributed by atoms with E-state index in [1.807, 2.05) is 0 Å². The molecule has 0 spiro atoms. The summed E-state index contributed by atoms with van der Waals surface area (Å²) in [6.45, 7) is 21.1. The quantitative estimate of drug-likeness (QED) is 0.160. The van der Waals surface area contributed by atoms with Gasteiger partial charge in [-0.1, -0.05) is 120 Å². The third kappa shape index (κ3) is 9.14. The fourth-order valence-corrected chi connectivity index (χ4v) is 31.0. The SMILES string of the molecule is Cc1cc(C)c(N2c3cc4c(cc3B3c5ccccc5Oc5cc(C67CC8CC(CC(C8)C6)C7)cc2c53)B2c3cc5c(cc3N(c3c(C)cc(C)cc3C)c3cc(C67CC8CC(CC(C8)C6)C7)cc(c32)N4c2c(C)cc(C)cc2C)Nc2cc(C34CC6CC(CC(C6)C3)C4)cc3c2B5c2ccccc2N3c2ccccc2)c(C)c1. The maximum atomic E-state index is 7.65. The molecule has 0 aromatic heterocycles. The molecule has 29 rings (SSSR count). The van der Waals surface area contributed by atoms with Crippen LogP contribution in [0.25, 0.3) is 0 Å². The number of para-hydroxylation sites is 3. The molecule has 114 heavy (non-hydrogen) atoms. The first-order valence-electron chi connectivity index (χ1n) is 44.4. The van der Waals surface area contributed by atoms with Gasteiger partial charge in [-0.15, -0.1) is 0 Å². The Morgan fingerprint density at radius 3 is 1.11 bits per heavy atom. The third-order valence-electron chi connectivity index (χ3n) is 33.3. The number of rotatable bonds is 7. The Balaban J connectivity index is 0.784. The van der Waals surface area contributed by atoms with E-state index in [0.29, 0.717) is 0 Å². The van der Waals surface area contributed by atoms with Gasteiger partial charge in [-0.3, -0.25) is 0 Å². The molecule has 0 saturated heterocycles. The molecule has 12 aliphatic carbocycles. The van der Waals surface area contributed by atoms with Gasteiger partial charge >= 0.3 is 0 Å². The fraction of sp³-hybridized carbons (Fsp3) is 0.371. The molecule has 0 unspecified atom stereocenters. The Hall–Kier alpha value is -9.59. The number of benzene rings is 11. The lowest BCUT2D eigenvalue weighted by Gasteiger charge is -2.57. The van der Waals surface area contributed by atoms with E-state index < -0.39 is 0 Å². The fourth-order valence-electron chi connectivity index (χ4n) is 31.0. The summed E-state index contributed by atoms with van der Waals surface area (Å²) in [5, 5.41) is 4.54. The number of nitrogens with one attached hydrogen (secondary N) is 1. The van der Waals surface area contributed by atoms with Gasteiger partial charge in [-0.25, -0.2) is 0 Å². The molecule has 12 bridgehead atoms. The molecule has 0 radical (unpaired) electrons. The second-order valence-electron chi connectivity index (χ2n) is 40.9. The van der Waals surface area contributed by atoms with Crippen molar-refractivity contribution in [2.75, 3.05) is 24.9 Å². The monoisotopic (exact) mass is 1480 g/mol. The maximum absolute atomic E-state index is 7.65. The van der Waals surface area contributed by atoms with Crippen LogP contribution in [-0.2, 0) is 16.2 Å². The van der Waals surface area contributed by atoms with E-state index in [9.17, 15) is 0 Å². The molecular weight excluding hydrogens is 1380 g/mol. The van der Waals surface area contributed by atoms with Crippen molar-refractivity contribution >= 4 is 149 Å². The number of fused-ring (bicyclic) bond motifs is 12. The summed E-state index contributed by atoms with van der Waals surface area (Å²) in [5.41, 5.74) is 47.4. The zero-order valence-electron chi connectivity index (χ0n) is 68.1. The van der Waals surface area contributed by atoms with Crippen LogP contribution < -0.4 is 78.8 Å². The van der Waals surface area contributed by atoms with Crippen LogP contribution in [0.15, 0.2) is 176 Å². The molecule has 11 aromatic carbocycles. The van der Waals surface area contributed by atoms with Crippen LogP contribution in [0.1, 0.15) is 182 Å². The average molecular weight is 1480 g/mol. The van der Waals surface area contributed by atoms with E-state index in [1.54, 1.807) is 11.1 Å². The second kappa shape index (κ2) is 23.2. The Bertz CT molecular complexity index is 5970. The van der Waals surface area contributed by atoms with Gasteiger partial charge in [0.15, 0.2) is 0 Å². The van der Waals surface area contributed by atoms with Crippen molar-refractivity contribution in [2.45, 2.75) is 194 Å². The van der Waals surface area contributed by atoms with Crippen molar-refractivity contribution in [3.05, 3.63) is 243 Å². The molecule has 6 heterocycles. The molecule has 6 nitrogen and oxygen atoms in total. The van der Waals surface area contributed by atoms with Crippen molar-refractivity contribution in [1.29, 1.82) is 0 Å². The van der Waals surface area contributed by atoms with Gasteiger partial charge in [0, 0.05) is 62.6 Å². The van der Waals surface area contributed by atoms with E-state index in [4.69, 9.17) is 4.74 Å². The van der Waals surface area contributed by atoms with Crippen molar-refractivity contribution in [3.8, 4) is 11.5 Å². The van der Waals surface area contributed by atoms with Crippen LogP contribution in [0.5, 0.6) is 11.5 Å². The number of anilines is 14. The zero-order chi connectivity index (χ0) is 75.7. The number of aryl methyl sites for hydroxylation is 9. The molecule has 1 N–H and O–H groups in total. The lowest BCUT2D eigenvalue weighted by Crippen LogP contribution is -2.66. The molecule has 18 aliphatic rings. The van der Waals surface area contributed by atoms with Crippen molar-refractivity contribution in [3.63, 3.8) is 0 Å². The third-order valence-corrected chi connectivity index (χ3v) is 33.3. The topological polar surface area (TPSA) is 34.2 Å².